The summed E-state index contributed by atoms with van der Waals surface area (Å²) in [4.78, 5) is 23.9. The van der Waals surface area contributed by atoms with Gasteiger partial charge in [-0.25, -0.2) is 9.97 Å². The van der Waals surface area contributed by atoms with Crippen molar-refractivity contribution < 1.29 is 9.53 Å². The molecular weight excluding hydrogens is 364 g/mol. The molecule has 0 radical (unpaired) electrons. The van der Waals surface area contributed by atoms with Crippen LogP contribution in [0.25, 0.3) is 0 Å². The number of aryl methyl sites for hydroxylation is 2. The molecule has 0 aliphatic carbocycles. The smallest absolute Gasteiger partial charge is 0.277 e. The minimum atomic E-state index is -0.0996. The number of anilines is 3. The number of nitrogens with one attached hydrogen (secondary N) is 1. The highest BCUT2D eigenvalue weighted by Gasteiger charge is 2.24. The first-order valence-corrected chi connectivity index (χ1v) is 9.89. The molecule has 6 heteroatoms. The number of ether oxygens (including phenoxy) is 1. The lowest BCUT2D eigenvalue weighted by molar-refractivity contribution is 0.0980. The Morgan fingerprint density at radius 2 is 1.93 bits per heavy atom. The molecule has 1 aromatic heterocycles. The summed E-state index contributed by atoms with van der Waals surface area (Å²) in [6.07, 6.45) is 1.94. The van der Waals surface area contributed by atoms with E-state index in [0.29, 0.717) is 30.5 Å². The molecule has 6 nitrogen and oxygen atoms in total. The molecule has 0 bridgehead atoms. The van der Waals surface area contributed by atoms with E-state index in [2.05, 4.69) is 21.4 Å². The van der Waals surface area contributed by atoms with Crippen molar-refractivity contribution in [2.45, 2.75) is 26.7 Å². The second-order valence-corrected chi connectivity index (χ2v) is 6.96. The number of rotatable bonds is 5. The van der Waals surface area contributed by atoms with E-state index < -0.39 is 0 Å². The number of hydrogen-bond donors (Lipinski definition) is 1. The molecule has 0 saturated heterocycles. The van der Waals surface area contributed by atoms with Crippen LogP contribution in [0.1, 0.15) is 35.2 Å². The lowest BCUT2D eigenvalue weighted by Gasteiger charge is -2.29. The molecule has 0 fully saturated rings. The van der Waals surface area contributed by atoms with E-state index in [0.717, 1.165) is 30.0 Å². The number of para-hydroxylation sites is 1. The second-order valence-electron chi connectivity index (χ2n) is 6.96. The van der Waals surface area contributed by atoms with Crippen LogP contribution in [-0.4, -0.2) is 29.0 Å². The van der Waals surface area contributed by atoms with Gasteiger partial charge >= 0.3 is 0 Å². The number of aromatic nitrogens is 2. The predicted molar refractivity (Wildman–Crippen MR) is 114 cm³/mol. The summed E-state index contributed by atoms with van der Waals surface area (Å²) in [6, 6.07) is 17.4. The fourth-order valence-corrected chi connectivity index (χ4v) is 3.57. The van der Waals surface area contributed by atoms with Gasteiger partial charge in [0.2, 0.25) is 0 Å². The Bertz CT molecular complexity index is 1020. The Labute approximate surface area is 170 Å². The summed E-state index contributed by atoms with van der Waals surface area (Å²) in [5.74, 6) is 1.86. The van der Waals surface area contributed by atoms with Gasteiger partial charge < -0.3 is 15.0 Å². The molecule has 2 aromatic carbocycles. The lowest BCUT2D eigenvalue weighted by Crippen LogP contribution is -2.36. The normalized spacial score (nSPS) is 13.0. The summed E-state index contributed by atoms with van der Waals surface area (Å²) in [5.41, 5.74) is 3.43. The molecule has 3 aromatic rings. The van der Waals surface area contributed by atoms with Crippen molar-refractivity contribution in [3.05, 3.63) is 71.7 Å². The van der Waals surface area contributed by atoms with Gasteiger partial charge in [-0.3, -0.25) is 4.79 Å². The van der Waals surface area contributed by atoms with Gasteiger partial charge in [0.15, 0.2) is 0 Å². The predicted octanol–water partition coefficient (Wildman–Crippen LogP) is 4.52. The number of carbonyl (C=O) groups excluding carboxylic acids is 1. The highest BCUT2D eigenvalue weighted by atomic mass is 16.5. The van der Waals surface area contributed by atoms with Gasteiger partial charge in [-0.1, -0.05) is 18.2 Å². The van der Waals surface area contributed by atoms with Crippen molar-refractivity contribution in [1.82, 2.24) is 9.97 Å². The van der Waals surface area contributed by atoms with E-state index in [-0.39, 0.29) is 5.91 Å². The average molecular weight is 388 g/mol. The number of carbonyl (C=O) groups is 1. The Kier molecular flexibility index (Phi) is 5.42. The van der Waals surface area contributed by atoms with Crippen LogP contribution in [0.3, 0.4) is 0 Å². The fourth-order valence-electron chi connectivity index (χ4n) is 3.57. The van der Waals surface area contributed by atoms with E-state index in [1.165, 1.54) is 5.56 Å². The zero-order chi connectivity index (χ0) is 20.2. The summed E-state index contributed by atoms with van der Waals surface area (Å²) in [7, 11) is 0. The van der Waals surface area contributed by atoms with Crippen molar-refractivity contribution in [3.8, 4) is 5.75 Å². The van der Waals surface area contributed by atoms with Crippen molar-refractivity contribution in [2.75, 3.05) is 23.4 Å². The van der Waals surface area contributed by atoms with Crippen LogP contribution >= 0.6 is 0 Å². The summed E-state index contributed by atoms with van der Waals surface area (Å²) < 4.78 is 5.47. The van der Waals surface area contributed by atoms with E-state index in [4.69, 9.17) is 4.74 Å². The van der Waals surface area contributed by atoms with Crippen LogP contribution < -0.4 is 15.0 Å². The first-order valence-electron chi connectivity index (χ1n) is 9.89. The summed E-state index contributed by atoms with van der Waals surface area (Å²) >= 11 is 0. The Balaban J connectivity index is 1.58. The van der Waals surface area contributed by atoms with Gasteiger partial charge in [0.05, 0.1) is 6.61 Å². The quantitative estimate of drug-likeness (QED) is 0.696. The highest BCUT2D eigenvalue weighted by molar-refractivity contribution is 6.05. The summed E-state index contributed by atoms with van der Waals surface area (Å²) in [6.45, 7) is 5.07. The molecule has 1 N–H and O–H groups in total. The zero-order valence-corrected chi connectivity index (χ0v) is 16.7. The first-order chi connectivity index (χ1) is 14.1. The molecule has 1 aliphatic rings. The molecule has 2 heterocycles. The van der Waals surface area contributed by atoms with E-state index in [9.17, 15) is 4.79 Å². The molecule has 1 aliphatic heterocycles. The third kappa shape index (κ3) is 4.21. The van der Waals surface area contributed by atoms with Gasteiger partial charge in [0.25, 0.3) is 5.91 Å². The van der Waals surface area contributed by atoms with Gasteiger partial charge in [-0.15, -0.1) is 0 Å². The van der Waals surface area contributed by atoms with Crippen molar-refractivity contribution in [1.29, 1.82) is 0 Å². The molecule has 0 spiro atoms. The minimum absolute atomic E-state index is 0.0996. The van der Waals surface area contributed by atoms with Crippen molar-refractivity contribution in [3.63, 3.8) is 0 Å². The Hall–Kier alpha value is -3.41. The molecular formula is C23H24N4O2. The van der Waals surface area contributed by atoms with Crippen LogP contribution in [0.4, 0.5) is 17.2 Å². The maximum atomic E-state index is 13.2. The van der Waals surface area contributed by atoms with Crippen LogP contribution in [0, 0.1) is 6.92 Å². The number of amides is 1. The molecule has 0 atom stereocenters. The maximum absolute atomic E-state index is 13.2. The number of nitrogens with zero attached hydrogens (tertiary/aromatic N) is 3. The SMILES string of the molecule is CCOc1ccc(Nc2cc(C(=O)N3CCCc4ccccc43)nc(C)n2)cc1. The fraction of sp³-hybridized carbons (Fsp3) is 0.261. The van der Waals surface area contributed by atoms with Crippen LogP contribution in [0.5, 0.6) is 5.75 Å². The molecule has 1 amide bonds. The van der Waals surface area contributed by atoms with Crippen LogP contribution in [0.15, 0.2) is 54.6 Å². The molecule has 29 heavy (non-hydrogen) atoms. The van der Waals surface area contributed by atoms with Crippen molar-refractivity contribution >= 4 is 23.1 Å². The molecule has 148 valence electrons. The number of hydrogen-bond acceptors (Lipinski definition) is 5. The van der Waals surface area contributed by atoms with Crippen LogP contribution in [0.2, 0.25) is 0 Å². The zero-order valence-electron chi connectivity index (χ0n) is 16.7. The topological polar surface area (TPSA) is 67.3 Å². The molecule has 0 saturated carbocycles. The molecule has 4 rings (SSSR count). The Morgan fingerprint density at radius 1 is 1.14 bits per heavy atom. The third-order valence-corrected chi connectivity index (χ3v) is 4.85. The van der Waals surface area contributed by atoms with Gasteiger partial charge in [0.1, 0.15) is 23.1 Å². The second kappa shape index (κ2) is 8.31. The average Bonchev–Trinajstić information content (AvgIpc) is 2.74. The van der Waals surface area contributed by atoms with E-state index >= 15 is 0 Å². The van der Waals surface area contributed by atoms with Gasteiger partial charge in [-0.2, -0.15) is 0 Å². The van der Waals surface area contributed by atoms with Gasteiger partial charge in [-0.05, 0) is 62.6 Å². The van der Waals surface area contributed by atoms with E-state index in [1.807, 2.05) is 54.3 Å². The van der Waals surface area contributed by atoms with Gasteiger partial charge in [0, 0.05) is 24.0 Å². The Morgan fingerprint density at radius 3 is 2.72 bits per heavy atom. The summed E-state index contributed by atoms with van der Waals surface area (Å²) in [5, 5.41) is 3.25. The number of fused-ring (bicyclic) bond motifs is 1. The largest absolute Gasteiger partial charge is 0.494 e. The standard InChI is InChI=1S/C23H24N4O2/c1-3-29-19-12-10-18(11-13-19)26-22-15-20(24-16(2)25-22)23(28)27-14-6-8-17-7-4-5-9-21(17)27/h4-5,7,9-13,15H,3,6,8,14H2,1-2H3,(H,24,25,26). The molecule has 0 unspecified atom stereocenters. The van der Waals surface area contributed by atoms with Crippen molar-refractivity contribution in [2.24, 2.45) is 0 Å². The first kappa shape index (κ1) is 18.9. The monoisotopic (exact) mass is 388 g/mol. The van der Waals surface area contributed by atoms with Crippen LogP contribution in [-0.2, 0) is 6.42 Å². The highest BCUT2D eigenvalue weighted by Crippen LogP contribution is 2.28. The lowest BCUT2D eigenvalue weighted by atomic mass is 10.0. The maximum Gasteiger partial charge on any atom is 0.277 e. The third-order valence-electron chi connectivity index (χ3n) is 4.85. The number of benzene rings is 2. The van der Waals surface area contributed by atoms with E-state index in [1.54, 1.807) is 13.0 Å². The minimum Gasteiger partial charge on any atom is -0.494 e.